The summed E-state index contributed by atoms with van der Waals surface area (Å²) >= 11 is 0. The summed E-state index contributed by atoms with van der Waals surface area (Å²) in [5.41, 5.74) is 1.14. The number of unbranched alkanes of at least 4 members (excludes halogenated alkanes) is 7. The highest BCUT2D eigenvalue weighted by molar-refractivity contribution is 4.97. The fourth-order valence-electron chi connectivity index (χ4n) is 2.16. The number of nitrogens with one attached hydrogen (secondary N) is 1. The predicted octanol–water partition coefficient (Wildman–Crippen LogP) is 3.65. The van der Waals surface area contributed by atoms with Crippen molar-refractivity contribution in [2.45, 2.75) is 64.8 Å². The van der Waals surface area contributed by atoms with Crippen LogP contribution in [0.4, 0.5) is 0 Å². The molecule has 1 aromatic heterocycles. The van der Waals surface area contributed by atoms with E-state index in [0.29, 0.717) is 0 Å². The number of nitrogens with zero attached hydrogens (tertiary/aromatic N) is 2. The molecule has 0 aliphatic heterocycles. The molecule has 1 aromatic rings. The molecule has 0 saturated carbocycles. The fraction of sp³-hybridized carbons (Fsp3) is 0.800. The van der Waals surface area contributed by atoms with Crippen molar-refractivity contribution < 1.29 is 0 Å². The van der Waals surface area contributed by atoms with Crippen LogP contribution < -0.4 is 5.32 Å². The van der Waals surface area contributed by atoms with Crippen LogP contribution in [0, 0.1) is 0 Å². The lowest BCUT2D eigenvalue weighted by molar-refractivity contribution is 0.552. The van der Waals surface area contributed by atoms with Gasteiger partial charge in [0, 0.05) is 19.8 Å². The van der Waals surface area contributed by atoms with Crippen LogP contribution in [0.3, 0.4) is 0 Å². The van der Waals surface area contributed by atoms with E-state index in [-0.39, 0.29) is 0 Å². The number of hydrogen-bond donors (Lipinski definition) is 1. The first-order valence-electron chi connectivity index (χ1n) is 7.52. The van der Waals surface area contributed by atoms with Gasteiger partial charge in [0.05, 0.1) is 5.69 Å². The molecule has 0 saturated heterocycles. The van der Waals surface area contributed by atoms with Crippen molar-refractivity contribution in [2.24, 2.45) is 7.05 Å². The lowest BCUT2D eigenvalue weighted by atomic mass is 10.1. The van der Waals surface area contributed by atoms with Crippen LogP contribution in [-0.2, 0) is 13.6 Å². The molecule has 3 nitrogen and oxygen atoms in total. The van der Waals surface area contributed by atoms with Crippen LogP contribution in [0.1, 0.15) is 64.0 Å². The molecule has 3 heteroatoms. The van der Waals surface area contributed by atoms with Crippen LogP contribution >= 0.6 is 0 Å². The number of aryl methyl sites for hydroxylation is 1. The van der Waals surface area contributed by atoms with Crippen LogP contribution in [0.2, 0.25) is 0 Å². The van der Waals surface area contributed by atoms with Crippen molar-refractivity contribution in [3.63, 3.8) is 0 Å². The van der Waals surface area contributed by atoms with Crippen LogP contribution in [-0.4, -0.2) is 16.3 Å². The Balaban J connectivity index is 1.81. The van der Waals surface area contributed by atoms with Gasteiger partial charge < -0.3 is 5.32 Å². The van der Waals surface area contributed by atoms with E-state index in [1.165, 1.54) is 51.4 Å². The molecular weight excluding hydrogens is 222 g/mol. The highest BCUT2D eigenvalue weighted by Gasteiger charge is 1.96. The average Bonchev–Trinajstić information content (AvgIpc) is 2.77. The molecule has 0 aromatic carbocycles. The molecule has 104 valence electrons. The Morgan fingerprint density at radius 2 is 1.72 bits per heavy atom. The van der Waals surface area contributed by atoms with Gasteiger partial charge in [-0.15, -0.1) is 0 Å². The largest absolute Gasteiger partial charge is 0.311 e. The maximum absolute atomic E-state index is 4.34. The average molecular weight is 251 g/mol. The standard InChI is InChI=1S/C15H29N3/c1-3-4-5-6-7-8-9-10-12-16-14-15-11-13-18(2)17-15/h11,13,16H,3-10,12,14H2,1-2H3. The third kappa shape index (κ3) is 7.49. The Morgan fingerprint density at radius 3 is 2.33 bits per heavy atom. The van der Waals surface area contributed by atoms with E-state index in [9.17, 15) is 0 Å². The minimum absolute atomic E-state index is 0.900. The van der Waals surface area contributed by atoms with Crippen molar-refractivity contribution in [1.82, 2.24) is 15.1 Å². The Bertz CT molecular complexity index is 294. The first kappa shape index (κ1) is 15.2. The van der Waals surface area contributed by atoms with Gasteiger partial charge in [0.2, 0.25) is 0 Å². The Morgan fingerprint density at radius 1 is 1.06 bits per heavy atom. The molecule has 0 bridgehead atoms. The molecule has 1 N–H and O–H groups in total. The summed E-state index contributed by atoms with van der Waals surface area (Å²) in [5.74, 6) is 0. The Labute approximate surface area is 112 Å². The zero-order valence-electron chi connectivity index (χ0n) is 12.1. The van der Waals surface area contributed by atoms with Gasteiger partial charge in [0.1, 0.15) is 0 Å². The second-order valence-electron chi connectivity index (χ2n) is 5.13. The molecule has 0 fully saturated rings. The van der Waals surface area contributed by atoms with Gasteiger partial charge in [0.15, 0.2) is 0 Å². The normalized spacial score (nSPS) is 11.0. The van der Waals surface area contributed by atoms with Gasteiger partial charge in [-0.25, -0.2) is 0 Å². The Kier molecular flexibility index (Phi) is 8.57. The monoisotopic (exact) mass is 251 g/mol. The van der Waals surface area contributed by atoms with E-state index < -0.39 is 0 Å². The molecule has 0 atom stereocenters. The number of rotatable bonds is 11. The highest BCUT2D eigenvalue weighted by atomic mass is 15.3. The lowest BCUT2D eigenvalue weighted by Gasteiger charge is -2.03. The van der Waals surface area contributed by atoms with Crippen LogP contribution in [0.5, 0.6) is 0 Å². The van der Waals surface area contributed by atoms with E-state index in [1.807, 2.05) is 17.9 Å². The molecule has 0 aliphatic rings. The van der Waals surface area contributed by atoms with E-state index in [1.54, 1.807) is 0 Å². The van der Waals surface area contributed by atoms with Crippen LogP contribution in [0.15, 0.2) is 12.3 Å². The molecule has 0 aliphatic carbocycles. The summed E-state index contributed by atoms with van der Waals surface area (Å²) in [7, 11) is 1.96. The van der Waals surface area contributed by atoms with E-state index in [4.69, 9.17) is 0 Å². The molecule has 0 amide bonds. The first-order valence-corrected chi connectivity index (χ1v) is 7.52. The molecule has 1 rings (SSSR count). The summed E-state index contributed by atoms with van der Waals surface area (Å²) < 4.78 is 1.85. The minimum Gasteiger partial charge on any atom is -0.311 e. The van der Waals surface area contributed by atoms with E-state index in [2.05, 4.69) is 23.4 Å². The predicted molar refractivity (Wildman–Crippen MR) is 77.5 cm³/mol. The van der Waals surface area contributed by atoms with Crippen LogP contribution in [0.25, 0.3) is 0 Å². The molecule has 18 heavy (non-hydrogen) atoms. The molecule has 0 unspecified atom stereocenters. The van der Waals surface area contributed by atoms with Crippen molar-refractivity contribution >= 4 is 0 Å². The lowest BCUT2D eigenvalue weighted by Crippen LogP contribution is -2.15. The Hall–Kier alpha value is -0.830. The zero-order chi connectivity index (χ0) is 13.1. The van der Waals surface area contributed by atoms with Crippen molar-refractivity contribution in [3.8, 4) is 0 Å². The third-order valence-electron chi connectivity index (χ3n) is 3.28. The second kappa shape index (κ2) is 10.1. The second-order valence-corrected chi connectivity index (χ2v) is 5.13. The molecule has 1 heterocycles. The fourth-order valence-corrected chi connectivity index (χ4v) is 2.16. The van der Waals surface area contributed by atoms with Crippen molar-refractivity contribution in [3.05, 3.63) is 18.0 Å². The number of aromatic nitrogens is 2. The summed E-state index contributed by atoms with van der Waals surface area (Å²) in [4.78, 5) is 0. The summed E-state index contributed by atoms with van der Waals surface area (Å²) in [5, 5.41) is 7.79. The summed E-state index contributed by atoms with van der Waals surface area (Å²) in [6, 6.07) is 2.07. The van der Waals surface area contributed by atoms with Gasteiger partial charge >= 0.3 is 0 Å². The molecular formula is C15H29N3. The maximum atomic E-state index is 4.34. The van der Waals surface area contributed by atoms with Crippen molar-refractivity contribution in [1.29, 1.82) is 0 Å². The van der Waals surface area contributed by atoms with Gasteiger partial charge in [0.25, 0.3) is 0 Å². The minimum atomic E-state index is 0.900. The van der Waals surface area contributed by atoms with Gasteiger partial charge in [-0.05, 0) is 19.0 Å². The maximum Gasteiger partial charge on any atom is 0.0762 e. The third-order valence-corrected chi connectivity index (χ3v) is 3.28. The zero-order valence-corrected chi connectivity index (χ0v) is 12.1. The SMILES string of the molecule is CCCCCCCCCCNCc1ccn(C)n1. The smallest absolute Gasteiger partial charge is 0.0762 e. The first-order chi connectivity index (χ1) is 8.83. The topological polar surface area (TPSA) is 29.9 Å². The van der Waals surface area contributed by atoms with Gasteiger partial charge in [-0.2, -0.15) is 5.10 Å². The highest BCUT2D eigenvalue weighted by Crippen LogP contribution is 2.07. The van der Waals surface area contributed by atoms with E-state index >= 15 is 0 Å². The molecule has 0 radical (unpaired) electrons. The summed E-state index contributed by atoms with van der Waals surface area (Å²) in [6.45, 7) is 4.29. The summed E-state index contributed by atoms with van der Waals surface area (Å²) in [6.07, 6.45) is 13.1. The van der Waals surface area contributed by atoms with Gasteiger partial charge in [-0.1, -0.05) is 51.9 Å². The molecule has 0 spiro atoms. The van der Waals surface area contributed by atoms with Gasteiger partial charge in [-0.3, -0.25) is 4.68 Å². The number of hydrogen-bond acceptors (Lipinski definition) is 2. The van der Waals surface area contributed by atoms with Crippen molar-refractivity contribution in [2.75, 3.05) is 6.54 Å². The quantitative estimate of drug-likeness (QED) is 0.608. The van der Waals surface area contributed by atoms with E-state index in [0.717, 1.165) is 18.8 Å².